The topological polar surface area (TPSA) is 76.1 Å². The third-order valence-corrected chi connectivity index (χ3v) is 7.38. The maximum atomic E-state index is 12.8. The van der Waals surface area contributed by atoms with Gasteiger partial charge in [0.1, 0.15) is 0 Å². The van der Waals surface area contributed by atoms with Crippen molar-refractivity contribution in [3.63, 3.8) is 0 Å². The van der Waals surface area contributed by atoms with Gasteiger partial charge in [0.15, 0.2) is 0 Å². The molecule has 146 valence electrons. The van der Waals surface area contributed by atoms with E-state index in [4.69, 9.17) is 0 Å². The highest BCUT2D eigenvalue weighted by molar-refractivity contribution is 7.91. The van der Waals surface area contributed by atoms with Gasteiger partial charge in [-0.3, -0.25) is 9.78 Å². The summed E-state index contributed by atoms with van der Waals surface area (Å²) in [5.74, 6) is -0.164. The number of hydrogen-bond acceptors (Lipinski definition) is 5. The van der Waals surface area contributed by atoms with Gasteiger partial charge in [0.25, 0.3) is 5.91 Å². The van der Waals surface area contributed by atoms with Gasteiger partial charge in [0, 0.05) is 18.9 Å². The minimum absolute atomic E-state index is 0.164. The van der Waals surface area contributed by atoms with Crippen molar-refractivity contribution in [1.82, 2.24) is 10.3 Å². The smallest absolute Gasteiger partial charge is 0.261 e. The van der Waals surface area contributed by atoms with Gasteiger partial charge in [0.2, 0.25) is 9.84 Å². The molecule has 1 N–H and O–H groups in total. The molecule has 0 aliphatic carbocycles. The van der Waals surface area contributed by atoms with E-state index in [-0.39, 0.29) is 15.7 Å². The van der Waals surface area contributed by atoms with Crippen LogP contribution in [-0.2, 0) is 16.4 Å². The Morgan fingerprint density at radius 1 is 1.03 bits per heavy atom. The van der Waals surface area contributed by atoms with Gasteiger partial charge in [-0.25, -0.2) is 8.42 Å². The first kappa shape index (κ1) is 19.3. The molecule has 0 atom stereocenters. The molecule has 0 unspecified atom stereocenters. The van der Waals surface area contributed by atoms with Crippen molar-refractivity contribution >= 4 is 37.2 Å². The predicted molar refractivity (Wildman–Crippen MR) is 114 cm³/mol. The molecule has 0 saturated carbocycles. The Balaban J connectivity index is 1.46. The number of nitrogens with one attached hydrogen (secondary N) is 1. The number of carbonyl (C=O) groups excluding carboxylic acids is 1. The lowest BCUT2D eigenvalue weighted by molar-refractivity contribution is 0.0955. The molecular formula is C22H18N2O3S2. The first-order valence-electron chi connectivity index (χ1n) is 8.96. The normalized spacial score (nSPS) is 11.5. The fraction of sp³-hybridized carbons (Fsp3) is 0.0909. The first-order valence-corrected chi connectivity index (χ1v) is 11.3. The summed E-state index contributed by atoms with van der Waals surface area (Å²) in [7, 11) is -3.56. The summed E-state index contributed by atoms with van der Waals surface area (Å²) in [6.45, 7) is 2.17. The van der Waals surface area contributed by atoms with Crippen LogP contribution in [0.1, 0.15) is 20.8 Å². The summed E-state index contributed by atoms with van der Waals surface area (Å²) in [5.41, 5.74) is 1.71. The van der Waals surface area contributed by atoms with Gasteiger partial charge in [-0.05, 0) is 59.8 Å². The molecule has 1 amide bonds. The van der Waals surface area contributed by atoms with Crippen LogP contribution < -0.4 is 5.32 Å². The van der Waals surface area contributed by atoms with E-state index in [0.29, 0.717) is 11.4 Å². The summed E-state index contributed by atoms with van der Waals surface area (Å²) in [5, 5.41) is 3.86. The number of nitrogens with zero attached hydrogens (tertiary/aromatic N) is 1. The Bertz CT molecular complexity index is 1260. The van der Waals surface area contributed by atoms with Gasteiger partial charge in [-0.1, -0.05) is 24.3 Å². The van der Waals surface area contributed by atoms with Crippen LogP contribution in [0.15, 0.2) is 82.8 Å². The van der Waals surface area contributed by atoms with E-state index in [9.17, 15) is 13.2 Å². The molecule has 0 saturated heterocycles. The molecule has 4 rings (SSSR count). The second-order valence-corrected chi connectivity index (χ2v) is 9.70. The first-order chi connectivity index (χ1) is 13.9. The molecule has 5 nitrogen and oxygen atoms in total. The van der Waals surface area contributed by atoms with Crippen LogP contribution >= 0.6 is 11.3 Å². The molecule has 2 aromatic heterocycles. The number of aromatic nitrogens is 1. The number of carbonyl (C=O) groups is 1. The number of amides is 1. The molecule has 29 heavy (non-hydrogen) atoms. The lowest BCUT2D eigenvalue weighted by atomic mass is 10.2. The van der Waals surface area contributed by atoms with Crippen LogP contribution in [0.4, 0.5) is 0 Å². The average Bonchev–Trinajstić information content (AvgIpc) is 3.17. The van der Waals surface area contributed by atoms with Crippen molar-refractivity contribution in [3.05, 3.63) is 89.1 Å². The van der Waals surface area contributed by atoms with Crippen LogP contribution in [0.3, 0.4) is 0 Å². The van der Waals surface area contributed by atoms with Crippen molar-refractivity contribution in [2.45, 2.75) is 23.3 Å². The third-order valence-electron chi connectivity index (χ3n) is 4.53. The fourth-order valence-electron chi connectivity index (χ4n) is 2.97. The zero-order valence-corrected chi connectivity index (χ0v) is 17.3. The molecule has 0 radical (unpaired) electrons. The number of fused-ring (bicyclic) bond motifs is 1. The lowest BCUT2D eigenvalue weighted by Crippen LogP contribution is -2.21. The predicted octanol–water partition coefficient (Wildman–Crippen LogP) is 4.37. The standard InChI is InChI=1S/C22H18N2O3S2/c1-15-3-2-4-19(11-15)29(26,27)18-7-5-16(6-8-18)13-24-22(25)20-12-17-9-10-23-14-21(17)28-20/h2-12,14H,13H2,1H3,(H,24,25). The number of hydrogen-bond donors (Lipinski definition) is 1. The van der Waals surface area contributed by atoms with E-state index >= 15 is 0 Å². The fourth-order valence-corrected chi connectivity index (χ4v) is 5.28. The van der Waals surface area contributed by atoms with Crippen molar-refractivity contribution in [3.8, 4) is 0 Å². The van der Waals surface area contributed by atoms with E-state index < -0.39 is 9.84 Å². The average molecular weight is 423 g/mol. The summed E-state index contributed by atoms with van der Waals surface area (Å²) in [6, 6.07) is 17.1. The van der Waals surface area contributed by atoms with Crippen LogP contribution in [0.25, 0.3) is 10.1 Å². The van der Waals surface area contributed by atoms with Gasteiger partial charge in [-0.15, -0.1) is 11.3 Å². The molecule has 0 aliphatic heterocycles. The Kier molecular flexibility index (Phi) is 5.17. The number of thiophene rings is 1. The maximum absolute atomic E-state index is 12.8. The Morgan fingerprint density at radius 2 is 1.83 bits per heavy atom. The molecule has 2 aromatic carbocycles. The van der Waals surface area contributed by atoms with Crippen molar-refractivity contribution in [2.24, 2.45) is 0 Å². The Hall–Kier alpha value is -3.03. The molecule has 0 spiro atoms. The van der Waals surface area contributed by atoms with E-state index in [0.717, 1.165) is 21.2 Å². The minimum Gasteiger partial charge on any atom is -0.347 e. The van der Waals surface area contributed by atoms with Gasteiger partial charge < -0.3 is 5.32 Å². The SMILES string of the molecule is Cc1cccc(S(=O)(=O)c2ccc(CNC(=O)c3cc4ccncc4s3)cc2)c1. The number of rotatable bonds is 5. The van der Waals surface area contributed by atoms with Gasteiger partial charge >= 0.3 is 0 Å². The van der Waals surface area contributed by atoms with Crippen molar-refractivity contribution < 1.29 is 13.2 Å². The highest BCUT2D eigenvalue weighted by Crippen LogP contribution is 2.25. The lowest BCUT2D eigenvalue weighted by Gasteiger charge is -2.08. The number of pyridine rings is 1. The summed E-state index contributed by atoms with van der Waals surface area (Å²) in [4.78, 5) is 17.6. The maximum Gasteiger partial charge on any atom is 0.261 e. The van der Waals surface area contributed by atoms with Gasteiger partial charge in [0.05, 0.1) is 19.4 Å². The number of benzene rings is 2. The van der Waals surface area contributed by atoms with Gasteiger partial charge in [-0.2, -0.15) is 0 Å². The van der Waals surface area contributed by atoms with Crippen LogP contribution in [0.2, 0.25) is 0 Å². The van der Waals surface area contributed by atoms with Crippen LogP contribution in [0.5, 0.6) is 0 Å². The summed E-state index contributed by atoms with van der Waals surface area (Å²) in [6.07, 6.45) is 3.44. The van der Waals surface area contributed by atoms with E-state index in [1.165, 1.54) is 11.3 Å². The molecule has 2 heterocycles. The highest BCUT2D eigenvalue weighted by Gasteiger charge is 2.17. The van der Waals surface area contributed by atoms with E-state index in [1.54, 1.807) is 54.9 Å². The molecule has 0 fully saturated rings. The number of sulfone groups is 1. The molecule has 0 bridgehead atoms. The summed E-state index contributed by atoms with van der Waals surface area (Å²) < 4.78 is 26.5. The third kappa shape index (κ3) is 4.06. The molecule has 0 aliphatic rings. The van der Waals surface area contributed by atoms with Crippen LogP contribution in [-0.4, -0.2) is 19.3 Å². The second-order valence-electron chi connectivity index (χ2n) is 6.67. The monoisotopic (exact) mass is 422 g/mol. The van der Waals surface area contributed by atoms with Crippen LogP contribution in [0, 0.1) is 6.92 Å². The molecular weight excluding hydrogens is 404 g/mol. The zero-order valence-electron chi connectivity index (χ0n) is 15.6. The molecule has 7 heteroatoms. The molecule has 4 aromatic rings. The Morgan fingerprint density at radius 3 is 2.55 bits per heavy atom. The summed E-state index contributed by atoms with van der Waals surface area (Å²) >= 11 is 1.39. The largest absolute Gasteiger partial charge is 0.347 e. The second kappa shape index (κ2) is 7.77. The quantitative estimate of drug-likeness (QED) is 0.518. The number of aryl methyl sites for hydroxylation is 1. The van der Waals surface area contributed by atoms with E-state index in [2.05, 4.69) is 10.3 Å². The zero-order chi connectivity index (χ0) is 20.4. The minimum atomic E-state index is -3.56. The Labute approximate surface area is 173 Å². The van der Waals surface area contributed by atoms with E-state index in [1.807, 2.05) is 25.1 Å². The van der Waals surface area contributed by atoms with Crippen molar-refractivity contribution in [1.29, 1.82) is 0 Å². The highest BCUT2D eigenvalue weighted by atomic mass is 32.2. The van der Waals surface area contributed by atoms with Crippen molar-refractivity contribution in [2.75, 3.05) is 0 Å².